The van der Waals surface area contributed by atoms with Gasteiger partial charge in [-0.15, -0.1) is 0 Å². The number of benzene rings is 1. The number of hydrogen-bond donors (Lipinski definition) is 2. The second-order valence-corrected chi connectivity index (χ2v) is 7.03. The summed E-state index contributed by atoms with van der Waals surface area (Å²) in [5.41, 5.74) is 1.09. The van der Waals surface area contributed by atoms with Crippen LogP contribution in [0.2, 0.25) is 0 Å². The molecule has 1 aromatic rings. The smallest absolute Gasteiger partial charge is 0.237 e. The van der Waals surface area contributed by atoms with Gasteiger partial charge >= 0.3 is 0 Å². The first-order chi connectivity index (χ1) is 12.2. The highest BCUT2D eigenvalue weighted by atomic mass is 16.2. The van der Waals surface area contributed by atoms with Gasteiger partial charge in [-0.1, -0.05) is 62.9 Å². The van der Waals surface area contributed by atoms with E-state index in [4.69, 9.17) is 0 Å². The lowest BCUT2D eigenvalue weighted by molar-refractivity contribution is -0.128. The Labute approximate surface area is 151 Å². The number of hydrogen-bond acceptors (Lipinski definition) is 3. The van der Waals surface area contributed by atoms with Crippen LogP contribution in [-0.4, -0.2) is 30.3 Å². The van der Waals surface area contributed by atoms with Crippen LogP contribution < -0.4 is 10.6 Å². The molecule has 25 heavy (non-hydrogen) atoms. The highest BCUT2D eigenvalue weighted by Gasteiger charge is 2.27. The van der Waals surface area contributed by atoms with E-state index in [2.05, 4.69) is 17.6 Å². The third-order valence-corrected chi connectivity index (χ3v) is 4.89. The van der Waals surface area contributed by atoms with Crippen molar-refractivity contribution in [3.8, 4) is 0 Å². The Morgan fingerprint density at radius 3 is 2.60 bits per heavy atom. The highest BCUT2D eigenvalue weighted by Crippen LogP contribution is 2.12. The number of carbonyl (C=O) groups is 2. The minimum Gasteiger partial charge on any atom is -0.345 e. The molecule has 2 N–H and O–H groups in total. The molecule has 1 aromatic carbocycles. The Morgan fingerprint density at radius 1 is 1.16 bits per heavy atom. The van der Waals surface area contributed by atoms with Crippen molar-refractivity contribution >= 4 is 11.7 Å². The summed E-state index contributed by atoms with van der Waals surface area (Å²) >= 11 is 0. The van der Waals surface area contributed by atoms with Crippen LogP contribution >= 0.6 is 0 Å². The SMILES string of the molecule is CCCCCCCC(=O)[C@H](Cc1ccccc1)NC(=O)[C@H]1CCCN1. The van der Waals surface area contributed by atoms with Crippen LogP contribution in [0.1, 0.15) is 63.9 Å². The number of unbranched alkanes of at least 4 members (excludes halogenated alkanes) is 4. The Kier molecular flexibility index (Phi) is 8.67. The summed E-state index contributed by atoms with van der Waals surface area (Å²) in [6.45, 7) is 3.07. The van der Waals surface area contributed by atoms with Crippen molar-refractivity contribution in [2.75, 3.05) is 6.54 Å². The normalized spacial score (nSPS) is 18.0. The summed E-state index contributed by atoms with van der Waals surface area (Å²) in [4.78, 5) is 25.1. The fraction of sp³-hybridized carbons (Fsp3) is 0.619. The van der Waals surface area contributed by atoms with Gasteiger partial charge in [-0.25, -0.2) is 0 Å². The predicted octanol–water partition coefficient (Wildman–Crippen LogP) is 3.40. The maximum atomic E-state index is 12.7. The van der Waals surface area contributed by atoms with Gasteiger partial charge in [0.2, 0.25) is 5.91 Å². The minimum atomic E-state index is -0.413. The fourth-order valence-electron chi connectivity index (χ4n) is 3.35. The number of Topliss-reactive ketones (excluding diaryl/α,β-unsaturated/α-hetero) is 1. The van der Waals surface area contributed by atoms with Crippen LogP contribution in [0.15, 0.2) is 30.3 Å². The van der Waals surface area contributed by atoms with Crippen molar-refractivity contribution in [3.05, 3.63) is 35.9 Å². The summed E-state index contributed by atoms with van der Waals surface area (Å²) in [6.07, 6.45) is 8.64. The average molecular weight is 344 g/mol. The number of nitrogens with one attached hydrogen (secondary N) is 2. The molecule has 138 valence electrons. The van der Waals surface area contributed by atoms with Gasteiger partial charge in [-0.3, -0.25) is 9.59 Å². The summed E-state index contributed by atoms with van der Waals surface area (Å²) in [5, 5.41) is 6.22. The Hall–Kier alpha value is -1.68. The lowest BCUT2D eigenvalue weighted by Crippen LogP contribution is -2.49. The Balaban J connectivity index is 1.90. The number of rotatable bonds is 11. The quantitative estimate of drug-likeness (QED) is 0.605. The van der Waals surface area contributed by atoms with Crippen molar-refractivity contribution < 1.29 is 9.59 Å². The van der Waals surface area contributed by atoms with E-state index < -0.39 is 6.04 Å². The van der Waals surface area contributed by atoms with Gasteiger partial charge in [-0.05, 0) is 37.8 Å². The maximum absolute atomic E-state index is 12.7. The molecule has 0 unspecified atom stereocenters. The lowest BCUT2D eigenvalue weighted by Gasteiger charge is -2.20. The molecule has 2 rings (SSSR count). The van der Waals surface area contributed by atoms with Crippen LogP contribution in [0.5, 0.6) is 0 Å². The van der Waals surface area contributed by atoms with Gasteiger partial charge in [0, 0.05) is 6.42 Å². The van der Waals surface area contributed by atoms with Gasteiger partial charge < -0.3 is 10.6 Å². The first-order valence-corrected chi connectivity index (χ1v) is 9.81. The highest BCUT2D eigenvalue weighted by molar-refractivity contribution is 5.91. The summed E-state index contributed by atoms with van der Waals surface area (Å²) in [6, 6.07) is 9.39. The zero-order valence-electron chi connectivity index (χ0n) is 15.4. The molecule has 1 aliphatic heterocycles. The third kappa shape index (κ3) is 6.99. The predicted molar refractivity (Wildman–Crippen MR) is 101 cm³/mol. The Morgan fingerprint density at radius 2 is 1.92 bits per heavy atom. The molecular formula is C21H32N2O2. The van der Waals surface area contributed by atoms with E-state index in [0.717, 1.165) is 37.8 Å². The molecule has 1 aliphatic rings. The molecule has 0 spiro atoms. The molecule has 1 amide bonds. The molecule has 0 saturated carbocycles. The van der Waals surface area contributed by atoms with Crippen LogP contribution in [0.25, 0.3) is 0 Å². The molecular weight excluding hydrogens is 312 g/mol. The molecule has 4 heteroatoms. The summed E-state index contributed by atoms with van der Waals surface area (Å²) in [5.74, 6) is 0.129. The first kappa shape index (κ1) is 19.6. The molecule has 4 nitrogen and oxygen atoms in total. The van der Waals surface area contributed by atoms with Gasteiger partial charge in [0.05, 0.1) is 12.1 Å². The zero-order chi connectivity index (χ0) is 17.9. The van der Waals surface area contributed by atoms with E-state index >= 15 is 0 Å². The van der Waals surface area contributed by atoms with E-state index in [-0.39, 0.29) is 17.7 Å². The third-order valence-electron chi connectivity index (χ3n) is 4.89. The molecule has 0 aliphatic carbocycles. The van der Waals surface area contributed by atoms with Crippen molar-refractivity contribution in [1.29, 1.82) is 0 Å². The second-order valence-electron chi connectivity index (χ2n) is 7.03. The van der Waals surface area contributed by atoms with E-state index in [1.165, 1.54) is 19.3 Å². The lowest BCUT2D eigenvalue weighted by atomic mass is 9.98. The second kappa shape index (κ2) is 11.0. The number of amides is 1. The zero-order valence-corrected chi connectivity index (χ0v) is 15.4. The van der Waals surface area contributed by atoms with Crippen molar-refractivity contribution in [2.45, 2.75) is 76.8 Å². The van der Waals surface area contributed by atoms with Crippen LogP contribution in [0.3, 0.4) is 0 Å². The Bertz CT molecular complexity index is 524. The van der Waals surface area contributed by atoms with E-state index in [1.807, 2.05) is 30.3 Å². The fourth-order valence-corrected chi connectivity index (χ4v) is 3.35. The molecule has 1 heterocycles. The van der Waals surface area contributed by atoms with Gasteiger partial charge in [-0.2, -0.15) is 0 Å². The molecule has 1 fully saturated rings. The minimum absolute atomic E-state index is 0.0298. The van der Waals surface area contributed by atoms with Crippen molar-refractivity contribution in [1.82, 2.24) is 10.6 Å². The van der Waals surface area contributed by atoms with Crippen LogP contribution in [0.4, 0.5) is 0 Å². The molecule has 0 aromatic heterocycles. The monoisotopic (exact) mass is 344 g/mol. The number of ketones is 1. The summed E-state index contributed by atoms with van der Waals surface area (Å²) in [7, 11) is 0. The largest absolute Gasteiger partial charge is 0.345 e. The average Bonchev–Trinajstić information content (AvgIpc) is 3.16. The van der Waals surface area contributed by atoms with E-state index in [9.17, 15) is 9.59 Å². The summed E-state index contributed by atoms with van der Waals surface area (Å²) < 4.78 is 0. The molecule has 2 atom stereocenters. The number of carbonyl (C=O) groups excluding carboxylic acids is 2. The maximum Gasteiger partial charge on any atom is 0.237 e. The van der Waals surface area contributed by atoms with Crippen molar-refractivity contribution in [2.24, 2.45) is 0 Å². The van der Waals surface area contributed by atoms with Crippen LogP contribution in [0, 0.1) is 0 Å². The van der Waals surface area contributed by atoms with E-state index in [1.54, 1.807) is 0 Å². The first-order valence-electron chi connectivity index (χ1n) is 9.81. The topological polar surface area (TPSA) is 58.2 Å². The van der Waals surface area contributed by atoms with Gasteiger partial charge in [0.1, 0.15) is 0 Å². The van der Waals surface area contributed by atoms with Crippen molar-refractivity contribution in [3.63, 3.8) is 0 Å². The molecule has 0 radical (unpaired) electrons. The standard InChI is InChI=1S/C21H32N2O2/c1-2-3-4-5-9-14-20(24)19(16-17-11-7-6-8-12-17)23-21(25)18-13-10-15-22-18/h6-8,11-12,18-19,22H,2-5,9-10,13-16H2,1H3,(H,23,25)/t18-,19+/m1/s1. The molecule has 1 saturated heterocycles. The van der Waals surface area contributed by atoms with Gasteiger partial charge in [0.15, 0.2) is 5.78 Å². The van der Waals surface area contributed by atoms with Crippen LogP contribution in [-0.2, 0) is 16.0 Å². The van der Waals surface area contributed by atoms with E-state index in [0.29, 0.717) is 12.8 Å². The van der Waals surface area contributed by atoms with Gasteiger partial charge in [0.25, 0.3) is 0 Å². The molecule has 0 bridgehead atoms.